The van der Waals surface area contributed by atoms with E-state index in [1.54, 1.807) is 0 Å². The van der Waals surface area contributed by atoms with Crippen LogP contribution in [-0.4, -0.2) is 43.1 Å². The van der Waals surface area contributed by atoms with E-state index in [9.17, 15) is 0 Å². The third-order valence-electron chi connectivity index (χ3n) is 4.29. The van der Waals surface area contributed by atoms with Crippen LogP contribution in [0.3, 0.4) is 0 Å². The summed E-state index contributed by atoms with van der Waals surface area (Å²) in [6.07, 6.45) is 2.30. The smallest absolute Gasteiger partial charge is 0.191 e. The maximum atomic E-state index is 6.26. The van der Waals surface area contributed by atoms with Crippen molar-refractivity contribution >= 4 is 33.5 Å². The molecule has 1 saturated heterocycles. The van der Waals surface area contributed by atoms with Crippen LogP contribution in [0.15, 0.2) is 27.7 Å². The molecule has 0 aliphatic carbocycles. The lowest BCUT2D eigenvalue weighted by Gasteiger charge is -2.35. The zero-order valence-electron chi connectivity index (χ0n) is 14.1. The number of piperidine rings is 1. The second-order valence-corrected chi connectivity index (χ2v) is 7.53. The maximum Gasteiger partial charge on any atom is 0.191 e. The van der Waals surface area contributed by atoms with Gasteiger partial charge in [-0.3, -0.25) is 4.99 Å². The Bertz CT molecular complexity index is 539. The first-order valence-corrected chi connectivity index (χ1v) is 9.32. The maximum absolute atomic E-state index is 6.26. The molecule has 2 rings (SSSR count). The number of halogens is 2. The average molecular weight is 402 g/mol. The number of benzene rings is 1. The molecule has 1 aromatic rings. The highest BCUT2D eigenvalue weighted by molar-refractivity contribution is 9.10. The lowest BCUT2D eigenvalue weighted by atomic mass is 10.0. The third kappa shape index (κ3) is 5.66. The van der Waals surface area contributed by atoms with E-state index in [4.69, 9.17) is 11.6 Å². The van der Waals surface area contributed by atoms with Crippen molar-refractivity contribution < 1.29 is 0 Å². The van der Waals surface area contributed by atoms with Gasteiger partial charge in [-0.2, -0.15) is 0 Å². The fraction of sp³-hybridized carbons (Fsp3) is 0.588. The molecule has 1 aliphatic heterocycles. The van der Waals surface area contributed by atoms with E-state index in [0.29, 0.717) is 18.6 Å². The van der Waals surface area contributed by atoms with Crippen LogP contribution < -0.4 is 10.6 Å². The van der Waals surface area contributed by atoms with Crippen LogP contribution in [0.25, 0.3) is 0 Å². The molecule has 2 N–H and O–H groups in total. The molecule has 6 heteroatoms. The van der Waals surface area contributed by atoms with E-state index in [2.05, 4.69) is 50.3 Å². The van der Waals surface area contributed by atoms with Gasteiger partial charge >= 0.3 is 0 Å². The number of hydrogen-bond donors (Lipinski definition) is 2. The molecule has 1 fully saturated rings. The molecule has 0 aromatic heterocycles. The normalized spacial score (nSPS) is 17.6. The minimum atomic E-state index is 0.483. The number of guanidine groups is 1. The van der Waals surface area contributed by atoms with Crippen LogP contribution in [0, 0.1) is 0 Å². The Labute approximate surface area is 152 Å². The van der Waals surface area contributed by atoms with Gasteiger partial charge in [0.1, 0.15) is 0 Å². The number of nitrogens with one attached hydrogen (secondary N) is 2. The van der Waals surface area contributed by atoms with E-state index >= 15 is 0 Å². The lowest BCUT2D eigenvalue weighted by molar-refractivity contribution is 0.167. The summed E-state index contributed by atoms with van der Waals surface area (Å²) in [6.45, 7) is 7.47. The number of nitrogens with zero attached hydrogens (tertiary/aromatic N) is 2. The Morgan fingerprint density at radius 3 is 2.65 bits per heavy atom. The summed E-state index contributed by atoms with van der Waals surface area (Å²) < 4.78 is 0.991. The van der Waals surface area contributed by atoms with Gasteiger partial charge in [0.2, 0.25) is 0 Å². The van der Waals surface area contributed by atoms with Crippen molar-refractivity contribution in [3.05, 3.63) is 33.3 Å². The van der Waals surface area contributed by atoms with E-state index < -0.39 is 0 Å². The SMILES string of the molecule is CN=C(NCc1ccc(Br)cc1Cl)NC1CCN(C(C)C)CC1. The van der Waals surface area contributed by atoms with Crippen molar-refractivity contribution in [2.24, 2.45) is 4.99 Å². The lowest BCUT2D eigenvalue weighted by Crippen LogP contribution is -2.49. The molecule has 1 aromatic carbocycles. The second-order valence-electron chi connectivity index (χ2n) is 6.21. The van der Waals surface area contributed by atoms with Crippen molar-refractivity contribution in [1.82, 2.24) is 15.5 Å². The molecule has 0 saturated carbocycles. The first kappa shape index (κ1) is 18.6. The van der Waals surface area contributed by atoms with E-state index in [-0.39, 0.29) is 0 Å². The monoisotopic (exact) mass is 400 g/mol. The highest BCUT2D eigenvalue weighted by Crippen LogP contribution is 2.21. The van der Waals surface area contributed by atoms with Crippen LogP contribution in [0.2, 0.25) is 5.02 Å². The van der Waals surface area contributed by atoms with Gasteiger partial charge in [-0.05, 0) is 44.4 Å². The largest absolute Gasteiger partial charge is 0.354 e. The Morgan fingerprint density at radius 1 is 1.39 bits per heavy atom. The standard InChI is InChI=1S/C17H26BrClN4/c1-12(2)23-8-6-15(7-9-23)22-17(20-3)21-11-13-4-5-14(18)10-16(13)19/h4-5,10,12,15H,6-9,11H2,1-3H3,(H2,20,21,22). The van der Waals surface area contributed by atoms with Crippen molar-refractivity contribution in [3.8, 4) is 0 Å². The highest BCUT2D eigenvalue weighted by Gasteiger charge is 2.21. The summed E-state index contributed by atoms with van der Waals surface area (Å²) in [5.74, 6) is 0.840. The third-order valence-corrected chi connectivity index (χ3v) is 5.13. The zero-order valence-corrected chi connectivity index (χ0v) is 16.4. The summed E-state index contributed by atoms with van der Waals surface area (Å²) >= 11 is 9.68. The summed E-state index contributed by atoms with van der Waals surface area (Å²) in [7, 11) is 1.81. The number of rotatable bonds is 4. The topological polar surface area (TPSA) is 39.7 Å². The van der Waals surface area contributed by atoms with E-state index in [1.807, 2.05) is 25.2 Å². The molecule has 1 aliphatic rings. The van der Waals surface area contributed by atoms with Gasteiger partial charge in [-0.1, -0.05) is 33.6 Å². The Hall–Kier alpha value is -0.780. The molecule has 0 atom stereocenters. The van der Waals surface area contributed by atoms with Crippen LogP contribution >= 0.6 is 27.5 Å². The second kappa shape index (κ2) is 8.90. The Balaban J connectivity index is 1.82. The molecule has 4 nitrogen and oxygen atoms in total. The molecular formula is C17H26BrClN4. The van der Waals surface area contributed by atoms with E-state index in [0.717, 1.165) is 46.9 Å². The van der Waals surface area contributed by atoms with Gasteiger partial charge in [0.05, 0.1) is 0 Å². The molecule has 1 heterocycles. The summed E-state index contributed by atoms with van der Waals surface area (Å²) in [4.78, 5) is 6.85. The molecule has 0 amide bonds. The van der Waals surface area contributed by atoms with Crippen LogP contribution in [0.1, 0.15) is 32.3 Å². The summed E-state index contributed by atoms with van der Waals surface area (Å²) in [5.41, 5.74) is 1.06. The molecule has 0 bridgehead atoms. The van der Waals surface area contributed by atoms with Crippen LogP contribution in [0.5, 0.6) is 0 Å². The van der Waals surface area contributed by atoms with E-state index in [1.165, 1.54) is 0 Å². The Kier molecular flexibility index (Phi) is 7.18. The van der Waals surface area contributed by atoms with Crippen LogP contribution in [-0.2, 0) is 6.54 Å². The quantitative estimate of drug-likeness (QED) is 0.598. The van der Waals surface area contributed by atoms with Gasteiger partial charge in [-0.15, -0.1) is 0 Å². The van der Waals surface area contributed by atoms with Crippen molar-refractivity contribution in [2.45, 2.75) is 45.3 Å². The first-order chi connectivity index (χ1) is 11.0. The molecule has 0 unspecified atom stereocenters. The van der Waals surface area contributed by atoms with Gasteiger partial charge in [-0.25, -0.2) is 0 Å². The number of aliphatic imine (C=N–C) groups is 1. The minimum absolute atomic E-state index is 0.483. The molecule has 128 valence electrons. The number of hydrogen-bond acceptors (Lipinski definition) is 2. The fourth-order valence-electron chi connectivity index (χ4n) is 2.79. The van der Waals surface area contributed by atoms with Crippen molar-refractivity contribution in [3.63, 3.8) is 0 Å². The summed E-state index contributed by atoms with van der Waals surface area (Å²) in [6, 6.07) is 7.05. The molecule has 0 spiro atoms. The predicted octanol–water partition coefficient (Wildman–Crippen LogP) is 3.64. The van der Waals surface area contributed by atoms with Crippen molar-refractivity contribution in [2.75, 3.05) is 20.1 Å². The number of likely N-dealkylation sites (tertiary alicyclic amines) is 1. The fourth-order valence-corrected chi connectivity index (χ4v) is 3.53. The zero-order chi connectivity index (χ0) is 16.8. The minimum Gasteiger partial charge on any atom is -0.354 e. The van der Waals surface area contributed by atoms with Gasteiger partial charge in [0, 0.05) is 48.3 Å². The highest BCUT2D eigenvalue weighted by atomic mass is 79.9. The molecule has 23 heavy (non-hydrogen) atoms. The van der Waals surface area contributed by atoms with Gasteiger partial charge in [0.25, 0.3) is 0 Å². The predicted molar refractivity (Wildman–Crippen MR) is 102 cm³/mol. The molecule has 0 radical (unpaired) electrons. The first-order valence-electron chi connectivity index (χ1n) is 8.14. The average Bonchev–Trinajstić information content (AvgIpc) is 2.53. The Morgan fingerprint density at radius 2 is 2.09 bits per heavy atom. The molecular weight excluding hydrogens is 376 g/mol. The van der Waals surface area contributed by atoms with Gasteiger partial charge in [0.15, 0.2) is 5.96 Å². The van der Waals surface area contributed by atoms with Crippen LogP contribution in [0.4, 0.5) is 0 Å². The summed E-state index contributed by atoms with van der Waals surface area (Å²) in [5, 5.41) is 7.64. The van der Waals surface area contributed by atoms with Crippen molar-refractivity contribution in [1.29, 1.82) is 0 Å². The van der Waals surface area contributed by atoms with Gasteiger partial charge < -0.3 is 15.5 Å².